The Labute approximate surface area is 163 Å². The minimum absolute atomic E-state index is 0.283. The van der Waals surface area contributed by atoms with E-state index in [-0.39, 0.29) is 25.9 Å². The summed E-state index contributed by atoms with van der Waals surface area (Å²) < 4.78 is 0.283. The average Bonchev–Trinajstić information content (AvgIpc) is 3.29. The van der Waals surface area contributed by atoms with Gasteiger partial charge in [-0.15, -0.1) is 6.58 Å². The summed E-state index contributed by atoms with van der Waals surface area (Å²) in [5, 5.41) is 5.08. The van der Waals surface area contributed by atoms with Crippen LogP contribution in [0.1, 0.15) is 37.8 Å². The fraction of sp³-hybridized carbons (Fsp3) is 0.250. The Morgan fingerprint density at radius 1 is 0.923 bits per heavy atom. The summed E-state index contributed by atoms with van der Waals surface area (Å²) in [7, 11) is -0.692. The molecule has 3 atom stereocenters. The molecule has 4 rings (SSSR count). The van der Waals surface area contributed by atoms with Crippen LogP contribution in [0.15, 0.2) is 81.8 Å². The summed E-state index contributed by atoms with van der Waals surface area (Å²) in [6.45, 7) is 8.94. The normalized spacial score (nSPS) is 26.1. The lowest BCUT2D eigenvalue weighted by Crippen LogP contribution is -2.34. The molecule has 0 spiro atoms. The minimum Gasteiger partial charge on any atom is -0.192 e. The van der Waals surface area contributed by atoms with Crippen molar-refractivity contribution in [2.24, 2.45) is 5.92 Å². The SMILES string of the molecule is C=CCC(C)C(CC)([SH]1C=Cc2ccccc21)[SH]1C=Cc2ccccc21. The van der Waals surface area contributed by atoms with E-state index in [0.29, 0.717) is 5.92 Å². The van der Waals surface area contributed by atoms with E-state index in [1.54, 1.807) is 9.79 Å². The number of allylic oxidation sites excluding steroid dienone is 1. The second-order valence-electron chi connectivity index (χ2n) is 7.15. The zero-order valence-corrected chi connectivity index (χ0v) is 17.4. The van der Waals surface area contributed by atoms with Gasteiger partial charge in [-0.25, -0.2) is 0 Å². The van der Waals surface area contributed by atoms with Gasteiger partial charge >= 0.3 is 0 Å². The molecule has 26 heavy (non-hydrogen) atoms. The molecule has 2 aromatic carbocycles. The van der Waals surface area contributed by atoms with Gasteiger partial charge in [-0.1, -0.05) is 56.3 Å². The molecule has 0 fully saturated rings. The van der Waals surface area contributed by atoms with Gasteiger partial charge in [-0.2, -0.15) is 21.8 Å². The Morgan fingerprint density at radius 3 is 1.88 bits per heavy atom. The Morgan fingerprint density at radius 2 is 1.42 bits per heavy atom. The summed E-state index contributed by atoms with van der Waals surface area (Å²) in [6.07, 6.45) is 9.14. The van der Waals surface area contributed by atoms with Crippen LogP contribution in [0.5, 0.6) is 0 Å². The summed E-state index contributed by atoms with van der Waals surface area (Å²) in [6, 6.07) is 18.0. The first-order valence-electron chi connectivity index (χ1n) is 9.46. The molecule has 2 aliphatic rings. The van der Waals surface area contributed by atoms with Crippen LogP contribution in [0, 0.1) is 5.92 Å². The van der Waals surface area contributed by atoms with E-state index in [4.69, 9.17) is 0 Å². The van der Waals surface area contributed by atoms with E-state index >= 15 is 0 Å². The molecule has 0 saturated heterocycles. The van der Waals surface area contributed by atoms with Crippen LogP contribution in [0.3, 0.4) is 0 Å². The van der Waals surface area contributed by atoms with E-state index in [1.165, 1.54) is 17.5 Å². The van der Waals surface area contributed by atoms with Crippen LogP contribution < -0.4 is 0 Å². The molecule has 2 aromatic rings. The molecule has 3 unspecified atom stereocenters. The Hall–Kier alpha value is -1.64. The lowest BCUT2D eigenvalue weighted by Gasteiger charge is -2.51. The van der Waals surface area contributed by atoms with Crippen molar-refractivity contribution < 1.29 is 0 Å². The molecule has 0 amide bonds. The van der Waals surface area contributed by atoms with Gasteiger partial charge in [0.25, 0.3) is 0 Å². The number of fused-ring (bicyclic) bond motifs is 2. The average molecular weight is 381 g/mol. The smallest absolute Gasteiger partial charge is 0.0422 e. The molecular formula is C24H28S2. The van der Waals surface area contributed by atoms with Crippen molar-refractivity contribution in [1.29, 1.82) is 0 Å². The molecule has 136 valence electrons. The second kappa shape index (κ2) is 7.17. The quantitative estimate of drug-likeness (QED) is 0.379. The minimum atomic E-state index is -0.346. The second-order valence-corrected chi connectivity index (χ2v) is 12.1. The summed E-state index contributed by atoms with van der Waals surface area (Å²) in [4.78, 5) is 3.14. The molecule has 0 bridgehead atoms. The third-order valence-electron chi connectivity index (χ3n) is 5.86. The first-order valence-corrected chi connectivity index (χ1v) is 12.3. The molecule has 2 heterocycles. The number of rotatable bonds is 6. The third kappa shape index (κ3) is 2.62. The van der Waals surface area contributed by atoms with Gasteiger partial charge in [0.15, 0.2) is 0 Å². The van der Waals surface area contributed by atoms with Crippen molar-refractivity contribution in [3.63, 3.8) is 0 Å². The van der Waals surface area contributed by atoms with Gasteiger partial charge in [0.05, 0.1) is 0 Å². The van der Waals surface area contributed by atoms with Crippen molar-refractivity contribution in [3.05, 3.63) is 83.1 Å². The van der Waals surface area contributed by atoms with E-state index < -0.39 is 0 Å². The van der Waals surface area contributed by atoms with Gasteiger partial charge in [0.1, 0.15) is 0 Å². The van der Waals surface area contributed by atoms with E-state index in [1.807, 2.05) is 0 Å². The number of thiol groups is 2. The number of hydrogen-bond donors (Lipinski definition) is 2. The summed E-state index contributed by atoms with van der Waals surface area (Å²) >= 11 is 0. The number of hydrogen-bond acceptors (Lipinski definition) is 0. The fourth-order valence-corrected chi connectivity index (χ4v) is 12.0. The lowest BCUT2D eigenvalue weighted by molar-refractivity contribution is 0.509. The predicted octanol–water partition coefficient (Wildman–Crippen LogP) is 7.39. The molecule has 0 nitrogen and oxygen atoms in total. The monoisotopic (exact) mass is 380 g/mol. The fourth-order valence-electron chi connectivity index (χ4n) is 4.56. The molecular weight excluding hydrogens is 352 g/mol. The van der Waals surface area contributed by atoms with Gasteiger partial charge < -0.3 is 0 Å². The maximum atomic E-state index is 4.07. The van der Waals surface area contributed by atoms with Crippen LogP contribution in [-0.4, -0.2) is 4.08 Å². The first-order chi connectivity index (χ1) is 12.7. The van der Waals surface area contributed by atoms with Crippen molar-refractivity contribution in [1.82, 2.24) is 0 Å². The first kappa shape index (κ1) is 17.8. The maximum Gasteiger partial charge on any atom is 0.0422 e. The van der Waals surface area contributed by atoms with Crippen molar-refractivity contribution >= 4 is 33.9 Å². The van der Waals surface area contributed by atoms with Crippen LogP contribution in [0.25, 0.3) is 12.2 Å². The van der Waals surface area contributed by atoms with Crippen LogP contribution in [-0.2, 0) is 0 Å². The Bertz CT molecular complexity index is 816. The van der Waals surface area contributed by atoms with Gasteiger partial charge in [0, 0.05) is 4.08 Å². The summed E-state index contributed by atoms with van der Waals surface area (Å²) in [5.74, 6) is 0.605. The topological polar surface area (TPSA) is 0 Å². The van der Waals surface area contributed by atoms with E-state index in [0.717, 1.165) is 6.42 Å². The zero-order valence-electron chi connectivity index (χ0n) is 15.6. The van der Waals surface area contributed by atoms with Crippen molar-refractivity contribution in [2.45, 2.75) is 40.6 Å². The highest BCUT2D eigenvalue weighted by molar-refractivity contribution is 8.37. The Balaban J connectivity index is 1.88. The van der Waals surface area contributed by atoms with Crippen LogP contribution in [0.4, 0.5) is 0 Å². The van der Waals surface area contributed by atoms with E-state index in [2.05, 4.69) is 98.0 Å². The standard InChI is InChI=1S/C24H28S2/c1-4-10-19(3)24(5-2,25-17-15-20-11-6-8-13-22(20)25)26-18-16-21-12-7-9-14-23(21)26/h4,6-9,11-19,25-26H,1,5,10H2,2-3H3. The summed E-state index contributed by atoms with van der Waals surface area (Å²) in [5.41, 5.74) is 2.85. The van der Waals surface area contributed by atoms with Crippen molar-refractivity contribution in [3.8, 4) is 0 Å². The molecule has 0 aliphatic carbocycles. The predicted molar refractivity (Wildman–Crippen MR) is 122 cm³/mol. The highest BCUT2D eigenvalue weighted by Crippen LogP contribution is 2.73. The Kier molecular flexibility index (Phi) is 4.90. The van der Waals surface area contributed by atoms with Gasteiger partial charge in [-0.05, 0) is 74.8 Å². The zero-order chi connectivity index (χ0) is 18.1. The molecule has 0 N–H and O–H groups in total. The van der Waals surface area contributed by atoms with Gasteiger partial charge in [-0.3, -0.25) is 0 Å². The molecule has 2 aliphatic heterocycles. The maximum absolute atomic E-state index is 4.07. The van der Waals surface area contributed by atoms with E-state index in [9.17, 15) is 0 Å². The largest absolute Gasteiger partial charge is 0.192 e. The molecule has 2 heteroatoms. The van der Waals surface area contributed by atoms with Crippen LogP contribution >= 0.6 is 21.8 Å². The lowest BCUT2D eigenvalue weighted by atomic mass is 10.0. The highest BCUT2D eigenvalue weighted by atomic mass is 32.3. The van der Waals surface area contributed by atoms with Crippen LogP contribution in [0.2, 0.25) is 0 Å². The third-order valence-corrected chi connectivity index (χ3v) is 13.1. The van der Waals surface area contributed by atoms with Gasteiger partial charge in [0.2, 0.25) is 0 Å². The molecule has 0 radical (unpaired) electrons. The molecule has 0 saturated carbocycles. The number of benzene rings is 2. The highest BCUT2D eigenvalue weighted by Gasteiger charge is 2.46. The van der Waals surface area contributed by atoms with Crippen molar-refractivity contribution in [2.75, 3.05) is 0 Å². The molecule has 0 aromatic heterocycles.